The topological polar surface area (TPSA) is 60.1 Å². The van der Waals surface area contributed by atoms with Gasteiger partial charge in [0.05, 0.1) is 17.8 Å². The Morgan fingerprint density at radius 2 is 2.00 bits per heavy atom. The summed E-state index contributed by atoms with van der Waals surface area (Å²) in [7, 11) is 0. The van der Waals surface area contributed by atoms with E-state index in [4.69, 9.17) is 4.42 Å². The standard InChI is InChI=1S/C19H17N3O2/c1-2-22-15(19(23)21-12-13-7-5-6-10-20-13)11-17-18(22)14-8-3-4-9-16(14)24-17/h3-11H,2,12H2,1H3,(H,21,23). The van der Waals surface area contributed by atoms with Crippen molar-refractivity contribution in [1.82, 2.24) is 14.9 Å². The number of fused-ring (bicyclic) bond motifs is 3. The number of para-hydroxylation sites is 1. The van der Waals surface area contributed by atoms with E-state index in [1.807, 2.05) is 60.0 Å². The van der Waals surface area contributed by atoms with Gasteiger partial charge in [-0.15, -0.1) is 0 Å². The molecule has 120 valence electrons. The fraction of sp³-hybridized carbons (Fsp3) is 0.158. The maximum atomic E-state index is 12.6. The Morgan fingerprint density at radius 1 is 1.17 bits per heavy atom. The van der Waals surface area contributed by atoms with Crippen LogP contribution < -0.4 is 5.32 Å². The van der Waals surface area contributed by atoms with Crippen LogP contribution in [0.4, 0.5) is 0 Å². The average molecular weight is 319 g/mol. The van der Waals surface area contributed by atoms with Crippen molar-refractivity contribution in [3.63, 3.8) is 0 Å². The average Bonchev–Trinajstić information content (AvgIpc) is 3.16. The Kier molecular flexibility index (Phi) is 3.54. The van der Waals surface area contributed by atoms with Gasteiger partial charge in [-0.1, -0.05) is 18.2 Å². The van der Waals surface area contributed by atoms with Gasteiger partial charge in [0.2, 0.25) is 0 Å². The normalized spacial score (nSPS) is 11.2. The Bertz CT molecular complexity index is 1020. The van der Waals surface area contributed by atoms with Crippen LogP contribution in [-0.4, -0.2) is 15.5 Å². The third-order valence-electron chi connectivity index (χ3n) is 4.13. The van der Waals surface area contributed by atoms with E-state index in [1.165, 1.54) is 0 Å². The highest BCUT2D eigenvalue weighted by molar-refractivity contribution is 6.07. The van der Waals surface area contributed by atoms with E-state index in [2.05, 4.69) is 10.3 Å². The number of aryl methyl sites for hydroxylation is 1. The van der Waals surface area contributed by atoms with Crippen LogP contribution in [0.1, 0.15) is 23.1 Å². The molecule has 0 fully saturated rings. The maximum Gasteiger partial charge on any atom is 0.268 e. The molecule has 4 aromatic rings. The molecule has 24 heavy (non-hydrogen) atoms. The van der Waals surface area contributed by atoms with Crippen LogP contribution in [0.3, 0.4) is 0 Å². The maximum absolute atomic E-state index is 12.6. The third kappa shape index (κ3) is 2.34. The minimum atomic E-state index is -0.127. The number of carbonyl (C=O) groups excluding carboxylic acids is 1. The molecule has 0 aliphatic rings. The molecule has 1 amide bonds. The molecule has 5 heteroatoms. The number of hydrogen-bond donors (Lipinski definition) is 1. The molecular formula is C19H17N3O2. The van der Waals surface area contributed by atoms with Gasteiger partial charge in [0.25, 0.3) is 5.91 Å². The van der Waals surface area contributed by atoms with Crippen LogP contribution in [0.2, 0.25) is 0 Å². The monoisotopic (exact) mass is 319 g/mol. The summed E-state index contributed by atoms with van der Waals surface area (Å²) in [6, 6.07) is 15.3. The lowest BCUT2D eigenvalue weighted by Gasteiger charge is -2.08. The van der Waals surface area contributed by atoms with E-state index in [0.29, 0.717) is 18.8 Å². The molecule has 3 heterocycles. The van der Waals surface area contributed by atoms with Crippen LogP contribution in [0.15, 0.2) is 59.1 Å². The van der Waals surface area contributed by atoms with Gasteiger partial charge in [-0.3, -0.25) is 9.78 Å². The molecule has 0 saturated carbocycles. The Morgan fingerprint density at radius 3 is 2.79 bits per heavy atom. The Balaban J connectivity index is 1.69. The number of pyridine rings is 1. The summed E-state index contributed by atoms with van der Waals surface area (Å²) in [5, 5.41) is 3.95. The first-order chi connectivity index (χ1) is 11.8. The van der Waals surface area contributed by atoms with Crippen molar-refractivity contribution in [2.24, 2.45) is 0 Å². The van der Waals surface area contributed by atoms with E-state index < -0.39 is 0 Å². The summed E-state index contributed by atoms with van der Waals surface area (Å²) < 4.78 is 7.87. The van der Waals surface area contributed by atoms with Gasteiger partial charge in [0.15, 0.2) is 5.58 Å². The lowest BCUT2D eigenvalue weighted by molar-refractivity contribution is 0.0941. The second-order valence-corrected chi connectivity index (χ2v) is 5.59. The lowest BCUT2D eigenvalue weighted by Crippen LogP contribution is -2.25. The predicted octanol–water partition coefficient (Wildman–Crippen LogP) is 3.73. The molecule has 0 bridgehead atoms. The van der Waals surface area contributed by atoms with Crippen LogP contribution in [0.25, 0.3) is 22.1 Å². The molecule has 0 unspecified atom stereocenters. The van der Waals surface area contributed by atoms with E-state index >= 15 is 0 Å². The first-order valence-corrected chi connectivity index (χ1v) is 7.97. The zero-order valence-corrected chi connectivity index (χ0v) is 13.3. The largest absolute Gasteiger partial charge is 0.454 e. The molecule has 0 spiro atoms. The fourth-order valence-electron chi connectivity index (χ4n) is 3.03. The number of amides is 1. The van der Waals surface area contributed by atoms with Gasteiger partial charge in [0.1, 0.15) is 11.3 Å². The van der Waals surface area contributed by atoms with E-state index in [1.54, 1.807) is 6.20 Å². The van der Waals surface area contributed by atoms with Crippen molar-refractivity contribution in [2.45, 2.75) is 20.0 Å². The smallest absolute Gasteiger partial charge is 0.268 e. The fourth-order valence-corrected chi connectivity index (χ4v) is 3.03. The number of benzene rings is 1. The zero-order chi connectivity index (χ0) is 16.5. The summed E-state index contributed by atoms with van der Waals surface area (Å²) in [4.78, 5) is 16.8. The number of nitrogens with one attached hydrogen (secondary N) is 1. The van der Waals surface area contributed by atoms with Crippen LogP contribution >= 0.6 is 0 Å². The zero-order valence-electron chi connectivity index (χ0n) is 13.3. The minimum absolute atomic E-state index is 0.127. The SMILES string of the molecule is CCn1c(C(=O)NCc2ccccn2)cc2oc3ccccc3c21. The minimum Gasteiger partial charge on any atom is -0.454 e. The van der Waals surface area contributed by atoms with Crippen molar-refractivity contribution < 1.29 is 9.21 Å². The summed E-state index contributed by atoms with van der Waals surface area (Å²) in [5.74, 6) is -0.127. The molecule has 0 radical (unpaired) electrons. The van der Waals surface area contributed by atoms with Crippen molar-refractivity contribution in [3.05, 3.63) is 66.1 Å². The highest BCUT2D eigenvalue weighted by Gasteiger charge is 2.19. The first kappa shape index (κ1) is 14.5. The molecule has 0 aliphatic carbocycles. The van der Waals surface area contributed by atoms with Crippen molar-refractivity contribution >= 4 is 28.0 Å². The summed E-state index contributed by atoms with van der Waals surface area (Å²) in [5.41, 5.74) is 3.98. The molecule has 4 rings (SSSR count). The first-order valence-electron chi connectivity index (χ1n) is 7.97. The van der Waals surface area contributed by atoms with Gasteiger partial charge < -0.3 is 14.3 Å². The van der Waals surface area contributed by atoms with Crippen molar-refractivity contribution in [1.29, 1.82) is 0 Å². The van der Waals surface area contributed by atoms with E-state index in [9.17, 15) is 4.79 Å². The van der Waals surface area contributed by atoms with Gasteiger partial charge >= 0.3 is 0 Å². The number of rotatable bonds is 4. The van der Waals surface area contributed by atoms with Gasteiger partial charge in [0, 0.05) is 24.2 Å². The van der Waals surface area contributed by atoms with Crippen LogP contribution in [0.5, 0.6) is 0 Å². The Labute approximate surface area is 138 Å². The number of hydrogen-bond acceptors (Lipinski definition) is 3. The molecule has 1 N–H and O–H groups in total. The highest BCUT2D eigenvalue weighted by atomic mass is 16.3. The van der Waals surface area contributed by atoms with E-state index in [0.717, 1.165) is 27.8 Å². The Hall–Kier alpha value is -3.08. The summed E-state index contributed by atoms with van der Waals surface area (Å²) >= 11 is 0. The molecule has 0 aliphatic heterocycles. The predicted molar refractivity (Wildman–Crippen MR) is 92.8 cm³/mol. The van der Waals surface area contributed by atoms with Crippen LogP contribution in [-0.2, 0) is 13.1 Å². The molecule has 1 aromatic carbocycles. The van der Waals surface area contributed by atoms with Gasteiger partial charge in [-0.25, -0.2) is 0 Å². The second-order valence-electron chi connectivity index (χ2n) is 5.59. The number of nitrogens with zero attached hydrogens (tertiary/aromatic N) is 2. The van der Waals surface area contributed by atoms with Crippen molar-refractivity contribution in [3.8, 4) is 0 Å². The second kappa shape index (κ2) is 5.85. The molecular weight excluding hydrogens is 302 g/mol. The molecule has 3 aromatic heterocycles. The van der Waals surface area contributed by atoms with Crippen molar-refractivity contribution in [2.75, 3.05) is 0 Å². The van der Waals surface area contributed by atoms with Gasteiger partial charge in [-0.05, 0) is 31.2 Å². The quantitative estimate of drug-likeness (QED) is 0.623. The molecule has 5 nitrogen and oxygen atoms in total. The number of aromatic nitrogens is 2. The van der Waals surface area contributed by atoms with Gasteiger partial charge in [-0.2, -0.15) is 0 Å². The molecule has 0 saturated heterocycles. The van der Waals surface area contributed by atoms with E-state index in [-0.39, 0.29) is 5.91 Å². The lowest BCUT2D eigenvalue weighted by atomic mass is 10.2. The number of furan rings is 1. The summed E-state index contributed by atoms with van der Waals surface area (Å²) in [6.07, 6.45) is 1.72. The highest BCUT2D eigenvalue weighted by Crippen LogP contribution is 2.31. The summed E-state index contributed by atoms with van der Waals surface area (Å²) in [6.45, 7) is 3.12. The molecule has 0 atom stereocenters. The third-order valence-corrected chi connectivity index (χ3v) is 4.13. The number of carbonyl (C=O) groups is 1. The van der Waals surface area contributed by atoms with Crippen LogP contribution in [0, 0.1) is 0 Å².